The van der Waals surface area contributed by atoms with Crippen molar-refractivity contribution >= 4 is 51.3 Å². The topological polar surface area (TPSA) is 32.8 Å². The smallest absolute Gasteiger partial charge is 0.298 e. The summed E-state index contributed by atoms with van der Waals surface area (Å²) in [6.07, 6.45) is 3.79. The summed E-state index contributed by atoms with van der Waals surface area (Å²) in [4.78, 5) is 15.5. The molecule has 0 spiro atoms. The van der Waals surface area contributed by atoms with Crippen LogP contribution >= 0.6 is 23.8 Å². The number of allylic oxidation sites excluding steroid dienone is 2. The van der Waals surface area contributed by atoms with Gasteiger partial charge < -0.3 is 9.64 Å². The first-order chi connectivity index (χ1) is 13.5. The molecule has 0 atom stereocenters. The molecule has 0 saturated carbocycles. The minimum absolute atomic E-state index is 0.0436. The summed E-state index contributed by atoms with van der Waals surface area (Å²) in [6.45, 7) is 5.88. The molecule has 6 heteroatoms. The largest absolute Gasteiger partial charge is 0.424 e. The van der Waals surface area contributed by atoms with Crippen LogP contribution in [0.1, 0.15) is 12.5 Å². The van der Waals surface area contributed by atoms with E-state index in [1.807, 2.05) is 67.6 Å². The molecule has 0 aliphatic carbocycles. The van der Waals surface area contributed by atoms with E-state index in [1.54, 1.807) is 13.1 Å². The van der Waals surface area contributed by atoms with Crippen molar-refractivity contribution in [2.24, 2.45) is 0 Å². The molecule has 0 N–H and O–H groups in total. The van der Waals surface area contributed by atoms with Gasteiger partial charge in [0.15, 0.2) is 0 Å². The Hall–Kier alpha value is -2.89. The molecule has 2 aromatic carbocycles. The number of para-hydroxylation sites is 1. The van der Waals surface area contributed by atoms with Crippen molar-refractivity contribution in [1.82, 2.24) is 4.90 Å². The third-order valence-electron chi connectivity index (χ3n) is 4.32. The van der Waals surface area contributed by atoms with Crippen LogP contribution in [0.2, 0.25) is 0 Å². The van der Waals surface area contributed by atoms with Crippen molar-refractivity contribution in [2.45, 2.75) is 6.92 Å². The second kappa shape index (κ2) is 8.42. The van der Waals surface area contributed by atoms with E-state index in [2.05, 4.69) is 11.5 Å². The fourth-order valence-electron chi connectivity index (χ4n) is 2.82. The van der Waals surface area contributed by atoms with Crippen LogP contribution in [-0.2, 0) is 9.53 Å². The first kappa shape index (κ1) is 19.9. The molecule has 1 heterocycles. The standard InChI is InChI=1S/C22H19ClN2O2S/c1-4-16(5-2)25(17-9-7-6-8-10-17)18-13-11-15(12-14-18)19(23)20-21(26)24(3)22(28)27-20/h4-14H,1H2,2-3H3/b16-5+,20-19-. The molecule has 0 unspecified atom stereocenters. The van der Waals surface area contributed by atoms with Crippen LogP contribution < -0.4 is 4.90 Å². The van der Waals surface area contributed by atoms with E-state index in [4.69, 9.17) is 28.6 Å². The Labute approximate surface area is 175 Å². The number of benzene rings is 2. The highest BCUT2D eigenvalue weighted by molar-refractivity contribution is 7.80. The van der Waals surface area contributed by atoms with Crippen LogP contribution in [0.4, 0.5) is 11.4 Å². The maximum Gasteiger partial charge on any atom is 0.298 e. The summed E-state index contributed by atoms with van der Waals surface area (Å²) in [5, 5.41) is 0.318. The molecular formula is C22H19ClN2O2S. The number of nitrogens with zero attached hydrogens (tertiary/aromatic N) is 2. The number of rotatable bonds is 5. The highest BCUT2D eigenvalue weighted by Gasteiger charge is 2.33. The van der Waals surface area contributed by atoms with Gasteiger partial charge in [0.25, 0.3) is 11.1 Å². The lowest BCUT2D eigenvalue weighted by Crippen LogP contribution is -2.23. The number of halogens is 1. The molecule has 1 fully saturated rings. The van der Waals surface area contributed by atoms with Gasteiger partial charge in [-0.3, -0.25) is 9.69 Å². The molecule has 0 radical (unpaired) electrons. The second-order valence-electron chi connectivity index (χ2n) is 6.01. The zero-order valence-corrected chi connectivity index (χ0v) is 17.1. The normalized spacial score (nSPS) is 16.1. The van der Waals surface area contributed by atoms with Gasteiger partial charge in [0.05, 0.1) is 5.03 Å². The quantitative estimate of drug-likeness (QED) is 0.365. The van der Waals surface area contributed by atoms with Crippen LogP contribution in [0.5, 0.6) is 0 Å². The van der Waals surface area contributed by atoms with Crippen LogP contribution in [0.25, 0.3) is 5.03 Å². The van der Waals surface area contributed by atoms with Gasteiger partial charge in [-0.1, -0.05) is 54.6 Å². The lowest BCUT2D eigenvalue weighted by molar-refractivity contribution is -0.122. The molecule has 0 aromatic heterocycles. The average Bonchev–Trinajstić information content (AvgIpc) is 2.99. The van der Waals surface area contributed by atoms with Crippen molar-refractivity contribution in [2.75, 3.05) is 11.9 Å². The van der Waals surface area contributed by atoms with Crippen LogP contribution in [-0.4, -0.2) is 23.0 Å². The summed E-state index contributed by atoms with van der Waals surface area (Å²) >= 11 is 11.4. The molecule has 3 rings (SSSR count). The fraction of sp³-hybridized carbons (Fsp3) is 0.0909. The number of thiocarbonyl (C=S) groups is 1. The molecule has 1 amide bonds. The SMILES string of the molecule is C=C/C(=C\C)N(c1ccccc1)c1ccc(/C(Cl)=C2/OC(=S)N(C)C2=O)cc1. The number of carbonyl (C=O) groups excluding carboxylic acids is 1. The Balaban J connectivity index is 2.00. The van der Waals surface area contributed by atoms with Crippen molar-refractivity contribution in [3.8, 4) is 0 Å². The van der Waals surface area contributed by atoms with E-state index in [0.29, 0.717) is 5.56 Å². The Bertz CT molecular complexity index is 981. The van der Waals surface area contributed by atoms with Crippen LogP contribution in [0.3, 0.4) is 0 Å². The third-order valence-corrected chi connectivity index (χ3v) is 5.06. The maximum absolute atomic E-state index is 12.2. The highest BCUT2D eigenvalue weighted by Crippen LogP contribution is 2.33. The molecule has 142 valence electrons. The highest BCUT2D eigenvalue weighted by atomic mass is 35.5. The number of amides is 1. The predicted octanol–water partition coefficient (Wildman–Crippen LogP) is 5.60. The van der Waals surface area contributed by atoms with Gasteiger partial charge in [-0.15, -0.1) is 0 Å². The van der Waals surface area contributed by atoms with Crippen molar-refractivity contribution in [1.29, 1.82) is 0 Å². The lowest BCUT2D eigenvalue weighted by atomic mass is 10.1. The van der Waals surface area contributed by atoms with Gasteiger partial charge in [-0.05, 0) is 55.0 Å². The predicted molar refractivity (Wildman–Crippen MR) is 118 cm³/mol. The number of ether oxygens (including phenoxy) is 1. The lowest BCUT2D eigenvalue weighted by Gasteiger charge is -2.26. The van der Waals surface area contributed by atoms with E-state index in [9.17, 15) is 4.79 Å². The van der Waals surface area contributed by atoms with Gasteiger partial charge in [-0.2, -0.15) is 0 Å². The zero-order chi connectivity index (χ0) is 20.3. The molecule has 0 bridgehead atoms. The molecule has 28 heavy (non-hydrogen) atoms. The summed E-state index contributed by atoms with van der Waals surface area (Å²) in [5.74, 6) is -0.310. The van der Waals surface area contributed by atoms with Gasteiger partial charge in [0.2, 0.25) is 5.76 Å². The van der Waals surface area contributed by atoms with E-state index in [1.165, 1.54) is 4.90 Å². The van der Waals surface area contributed by atoms with Crippen LogP contribution in [0, 0.1) is 0 Å². The van der Waals surface area contributed by atoms with Gasteiger partial charge >= 0.3 is 0 Å². The molecule has 2 aromatic rings. The summed E-state index contributed by atoms with van der Waals surface area (Å²) < 4.78 is 5.34. The summed E-state index contributed by atoms with van der Waals surface area (Å²) in [5.41, 5.74) is 3.56. The minimum atomic E-state index is -0.354. The third kappa shape index (κ3) is 3.72. The summed E-state index contributed by atoms with van der Waals surface area (Å²) in [7, 11) is 1.55. The first-order valence-electron chi connectivity index (χ1n) is 8.62. The van der Waals surface area contributed by atoms with Crippen molar-refractivity contribution in [3.63, 3.8) is 0 Å². The Morgan fingerprint density at radius 3 is 2.25 bits per heavy atom. The van der Waals surface area contributed by atoms with E-state index < -0.39 is 0 Å². The second-order valence-corrected chi connectivity index (χ2v) is 6.74. The van der Waals surface area contributed by atoms with E-state index >= 15 is 0 Å². The van der Waals surface area contributed by atoms with Crippen molar-refractivity contribution in [3.05, 3.63) is 90.3 Å². The molecular weight excluding hydrogens is 392 g/mol. The van der Waals surface area contributed by atoms with E-state index in [-0.39, 0.29) is 21.9 Å². The zero-order valence-electron chi connectivity index (χ0n) is 15.6. The van der Waals surface area contributed by atoms with Gasteiger partial charge in [0.1, 0.15) is 0 Å². The number of anilines is 2. The van der Waals surface area contributed by atoms with Gasteiger partial charge in [0, 0.05) is 24.1 Å². The summed E-state index contributed by atoms with van der Waals surface area (Å²) in [6, 6.07) is 17.5. The Morgan fingerprint density at radius 1 is 1.14 bits per heavy atom. The molecule has 1 aliphatic rings. The number of carbonyl (C=O) groups is 1. The Morgan fingerprint density at radius 2 is 1.75 bits per heavy atom. The van der Waals surface area contributed by atoms with Crippen LogP contribution in [0.15, 0.2) is 84.8 Å². The monoisotopic (exact) mass is 410 g/mol. The first-order valence-corrected chi connectivity index (χ1v) is 9.40. The number of likely N-dealkylation sites (N-methyl/N-ethyl adjacent to an activating group) is 1. The molecule has 1 aliphatic heterocycles. The molecule has 4 nitrogen and oxygen atoms in total. The minimum Gasteiger partial charge on any atom is -0.424 e. The van der Waals surface area contributed by atoms with Gasteiger partial charge in [-0.25, -0.2) is 0 Å². The number of hydrogen-bond donors (Lipinski definition) is 0. The Kier molecular flexibility index (Phi) is 5.97. The fourth-order valence-corrected chi connectivity index (χ4v) is 3.24. The number of hydrogen-bond acceptors (Lipinski definition) is 4. The average molecular weight is 411 g/mol. The van der Waals surface area contributed by atoms with E-state index in [0.717, 1.165) is 17.1 Å². The maximum atomic E-state index is 12.2. The van der Waals surface area contributed by atoms with Crippen molar-refractivity contribution < 1.29 is 9.53 Å². The molecule has 1 saturated heterocycles.